The fourth-order valence-electron chi connectivity index (χ4n) is 3.23. The number of hydrogen-bond acceptors (Lipinski definition) is 0. The van der Waals surface area contributed by atoms with Crippen molar-refractivity contribution in [3.05, 3.63) is 75.4 Å². The highest BCUT2D eigenvalue weighted by Crippen LogP contribution is 2.42. The molecule has 2 aromatic carbocycles. The van der Waals surface area contributed by atoms with E-state index in [0.29, 0.717) is 5.92 Å². The first-order valence-corrected chi connectivity index (χ1v) is 7.35. The summed E-state index contributed by atoms with van der Waals surface area (Å²) in [5.41, 5.74) is 11.3. The standard InChI is InChI=1S/C20H22/c1-12-7-6-8-17(16(12)5)19-11-15(4)18-9-13(2)14(3)10-20(18)19/h6-11,19H,1-5H3. The summed E-state index contributed by atoms with van der Waals surface area (Å²) in [6.45, 7) is 11.1. The number of rotatable bonds is 1. The van der Waals surface area contributed by atoms with E-state index in [1.807, 2.05) is 0 Å². The minimum atomic E-state index is 0.421. The molecule has 0 heteroatoms. The Morgan fingerprint density at radius 2 is 1.45 bits per heavy atom. The zero-order valence-electron chi connectivity index (χ0n) is 13.0. The van der Waals surface area contributed by atoms with Gasteiger partial charge < -0.3 is 0 Å². The van der Waals surface area contributed by atoms with Gasteiger partial charge in [-0.3, -0.25) is 0 Å². The molecule has 2 aromatic rings. The zero-order chi connectivity index (χ0) is 14.4. The van der Waals surface area contributed by atoms with Gasteiger partial charge in [-0.15, -0.1) is 0 Å². The largest absolute Gasteiger partial charge is 0.0691 e. The van der Waals surface area contributed by atoms with Crippen molar-refractivity contribution < 1.29 is 0 Å². The van der Waals surface area contributed by atoms with Crippen LogP contribution in [0.3, 0.4) is 0 Å². The maximum atomic E-state index is 2.42. The van der Waals surface area contributed by atoms with E-state index < -0.39 is 0 Å². The van der Waals surface area contributed by atoms with Crippen LogP contribution in [0.5, 0.6) is 0 Å². The lowest BCUT2D eigenvalue weighted by atomic mass is 9.87. The summed E-state index contributed by atoms with van der Waals surface area (Å²) < 4.78 is 0. The van der Waals surface area contributed by atoms with E-state index in [1.54, 1.807) is 0 Å². The Kier molecular flexibility index (Phi) is 3.05. The quantitative estimate of drug-likeness (QED) is 0.639. The van der Waals surface area contributed by atoms with Crippen LogP contribution in [-0.4, -0.2) is 0 Å². The normalized spacial score (nSPS) is 17.1. The number of hydrogen-bond donors (Lipinski definition) is 0. The minimum absolute atomic E-state index is 0.421. The summed E-state index contributed by atoms with van der Waals surface area (Å²) >= 11 is 0. The van der Waals surface area contributed by atoms with E-state index in [0.717, 1.165) is 0 Å². The summed E-state index contributed by atoms with van der Waals surface area (Å²) in [6.07, 6.45) is 2.42. The molecule has 0 aromatic heterocycles. The van der Waals surface area contributed by atoms with Gasteiger partial charge in [-0.1, -0.05) is 36.4 Å². The summed E-state index contributed by atoms with van der Waals surface area (Å²) in [5.74, 6) is 0.421. The number of allylic oxidation sites excluding steroid dienone is 2. The van der Waals surface area contributed by atoms with E-state index in [-0.39, 0.29) is 0 Å². The molecule has 0 fully saturated rings. The van der Waals surface area contributed by atoms with E-state index in [1.165, 1.54) is 44.5 Å². The van der Waals surface area contributed by atoms with Crippen molar-refractivity contribution in [3.8, 4) is 0 Å². The maximum absolute atomic E-state index is 2.42. The average Bonchev–Trinajstić information content (AvgIpc) is 2.71. The first-order valence-electron chi connectivity index (χ1n) is 7.35. The van der Waals surface area contributed by atoms with Crippen molar-refractivity contribution in [2.75, 3.05) is 0 Å². The lowest BCUT2D eigenvalue weighted by molar-refractivity contribution is 1.01. The van der Waals surface area contributed by atoms with Gasteiger partial charge in [-0.05, 0) is 79.1 Å². The molecule has 0 nitrogen and oxygen atoms in total. The van der Waals surface area contributed by atoms with Crippen molar-refractivity contribution >= 4 is 5.57 Å². The lowest BCUT2D eigenvalue weighted by Crippen LogP contribution is -2.01. The molecule has 0 heterocycles. The molecule has 0 saturated heterocycles. The highest BCUT2D eigenvalue weighted by Gasteiger charge is 2.24. The van der Waals surface area contributed by atoms with Gasteiger partial charge in [0.2, 0.25) is 0 Å². The van der Waals surface area contributed by atoms with Gasteiger partial charge in [-0.25, -0.2) is 0 Å². The Balaban J connectivity index is 2.20. The maximum Gasteiger partial charge on any atom is 0.0284 e. The SMILES string of the molecule is CC1=CC(c2cccc(C)c2C)c2cc(C)c(C)cc21. The van der Waals surface area contributed by atoms with Crippen LogP contribution in [-0.2, 0) is 0 Å². The van der Waals surface area contributed by atoms with E-state index in [2.05, 4.69) is 71.0 Å². The van der Waals surface area contributed by atoms with Crippen LogP contribution in [0.25, 0.3) is 5.57 Å². The molecule has 1 unspecified atom stereocenters. The summed E-state index contributed by atoms with van der Waals surface area (Å²) in [7, 11) is 0. The summed E-state index contributed by atoms with van der Waals surface area (Å²) in [5, 5.41) is 0. The number of fused-ring (bicyclic) bond motifs is 1. The Labute approximate surface area is 122 Å². The smallest absolute Gasteiger partial charge is 0.0284 e. The molecule has 1 aliphatic rings. The highest BCUT2D eigenvalue weighted by molar-refractivity contribution is 5.76. The second kappa shape index (κ2) is 4.63. The van der Waals surface area contributed by atoms with Gasteiger partial charge in [0, 0.05) is 5.92 Å². The van der Waals surface area contributed by atoms with E-state index in [4.69, 9.17) is 0 Å². The molecule has 1 aliphatic carbocycles. The fourth-order valence-corrected chi connectivity index (χ4v) is 3.23. The van der Waals surface area contributed by atoms with Crippen molar-refractivity contribution in [2.24, 2.45) is 0 Å². The van der Waals surface area contributed by atoms with Gasteiger partial charge in [0.25, 0.3) is 0 Å². The first kappa shape index (κ1) is 13.2. The van der Waals surface area contributed by atoms with Crippen LogP contribution < -0.4 is 0 Å². The fraction of sp³-hybridized carbons (Fsp3) is 0.300. The molecule has 0 N–H and O–H groups in total. The predicted molar refractivity (Wildman–Crippen MR) is 87.3 cm³/mol. The highest BCUT2D eigenvalue weighted by atomic mass is 14.3. The van der Waals surface area contributed by atoms with Crippen molar-refractivity contribution in [1.29, 1.82) is 0 Å². The number of benzene rings is 2. The molecule has 102 valence electrons. The summed E-state index contributed by atoms with van der Waals surface area (Å²) in [6, 6.07) is 11.4. The van der Waals surface area contributed by atoms with Crippen LogP contribution in [0.1, 0.15) is 51.8 Å². The van der Waals surface area contributed by atoms with Gasteiger partial charge in [-0.2, -0.15) is 0 Å². The van der Waals surface area contributed by atoms with Gasteiger partial charge in [0.1, 0.15) is 0 Å². The van der Waals surface area contributed by atoms with Crippen LogP contribution in [0.4, 0.5) is 0 Å². The first-order chi connectivity index (χ1) is 9.49. The van der Waals surface area contributed by atoms with E-state index in [9.17, 15) is 0 Å². The molecule has 0 aliphatic heterocycles. The zero-order valence-corrected chi connectivity index (χ0v) is 13.0. The molecule has 1 atom stereocenters. The van der Waals surface area contributed by atoms with Crippen LogP contribution in [0.2, 0.25) is 0 Å². The molecule has 20 heavy (non-hydrogen) atoms. The number of aryl methyl sites for hydroxylation is 3. The monoisotopic (exact) mass is 262 g/mol. The molecule has 0 saturated carbocycles. The van der Waals surface area contributed by atoms with Gasteiger partial charge >= 0.3 is 0 Å². The third-order valence-electron chi connectivity index (χ3n) is 4.82. The second-order valence-corrected chi connectivity index (χ2v) is 6.14. The average molecular weight is 262 g/mol. The predicted octanol–water partition coefficient (Wildman–Crippen LogP) is 5.47. The lowest BCUT2D eigenvalue weighted by Gasteiger charge is -2.17. The molecule has 0 radical (unpaired) electrons. The van der Waals surface area contributed by atoms with Crippen molar-refractivity contribution in [3.63, 3.8) is 0 Å². The Morgan fingerprint density at radius 1 is 0.750 bits per heavy atom. The molecule has 0 spiro atoms. The molecular weight excluding hydrogens is 240 g/mol. The Morgan fingerprint density at radius 3 is 2.20 bits per heavy atom. The van der Waals surface area contributed by atoms with Crippen LogP contribution >= 0.6 is 0 Å². The van der Waals surface area contributed by atoms with E-state index >= 15 is 0 Å². The molecule has 0 bridgehead atoms. The van der Waals surface area contributed by atoms with Crippen LogP contribution in [0.15, 0.2) is 36.4 Å². The van der Waals surface area contributed by atoms with Gasteiger partial charge in [0.15, 0.2) is 0 Å². The molecule has 0 amide bonds. The topological polar surface area (TPSA) is 0 Å². The third-order valence-corrected chi connectivity index (χ3v) is 4.82. The minimum Gasteiger partial charge on any atom is -0.0691 e. The van der Waals surface area contributed by atoms with Crippen LogP contribution in [0, 0.1) is 27.7 Å². The Hall–Kier alpha value is -1.82. The van der Waals surface area contributed by atoms with Crippen molar-refractivity contribution in [1.82, 2.24) is 0 Å². The van der Waals surface area contributed by atoms with Crippen molar-refractivity contribution in [2.45, 2.75) is 40.5 Å². The second-order valence-electron chi connectivity index (χ2n) is 6.14. The summed E-state index contributed by atoms with van der Waals surface area (Å²) in [4.78, 5) is 0. The van der Waals surface area contributed by atoms with Gasteiger partial charge in [0.05, 0.1) is 0 Å². The Bertz CT molecular complexity index is 717. The molecular formula is C20H22. The molecule has 3 rings (SSSR count). The third kappa shape index (κ3) is 1.91.